The molecule has 0 bridgehead atoms. The van der Waals surface area contributed by atoms with Crippen molar-refractivity contribution in [2.75, 3.05) is 19.0 Å². The van der Waals surface area contributed by atoms with Crippen LogP contribution in [0.5, 0.6) is 5.75 Å². The molecular formula is C21H27NO3. The number of carbonyl (C=O) groups is 1. The lowest BCUT2D eigenvalue weighted by Gasteiger charge is -2.27. The maximum Gasteiger partial charge on any atom is 0.256 e. The highest BCUT2D eigenvalue weighted by molar-refractivity contribution is 6.06. The second-order valence-electron chi connectivity index (χ2n) is 6.90. The standard InChI is InChI=1S/C21H27NO3/c1-4-5-14-25-19-13-12-18(16-8-6-7-9-17(16)19)22-20(23)21(2,24-3)15-10-11-15/h6-9,12-13,15H,4-5,10-11,14H2,1-3H3,(H,22,23)/t21-/m1/s1. The Balaban J connectivity index is 1.87. The number of hydrogen-bond donors (Lipinski definition) is 1. The molecule has 1 aliphatic rings. The fraction of sp³-hybridized carbons (Fsp3) is 0.476. The average molecular weight is 341 g/mol. The van der Waals surface area contributed by atoms with Gasteiger partial charge in [-0.3, -0.25) is 4.79 Å². The van der Waals surface area contributed by atoms with E-state index in [-0.39, 0.29) is 5.91 Å². The number of fused-ring (bicyclic) bond motifs is 1. The molecule has 1 atom stereocenters. The summed E-state index contributed by atoms with van der Waals surface area (Å²) in [6.07, 6.45) is 4.22. The Morgan fingerprint density at radius 2 is 1.92 bits per heavy atom. The molecule has 2 aromatic rings. The summed E-state index contributed by atoms with van der Waals surface area (Å²) in [5, 5.41) is 5.07. The van der Waals surface area contributed by atoms with Crippen LogP contribution in [0.3, 0.4) is 0 Å². The topological polar surface area (TPSA) is 47.6 Å². The Hall–Kier alpha value is -2.07. The number of anilines is 1. The molecule has 4 nitrogen and oxygen atoms in total. The third kappa shape index (κ3) is 3.64. The summed E-state index contributed by atoms with van der Waals surface area (Å²) in [6, 6.07) is 11.9. The number of unbranched alkanes of at least 4 members (excludes halogenated alkanes) is 1. The Bertz CT molecular complexity index is 754. The van der Waals surface area contributed by atoms with E-state index in [0.29, 0.717) is 12.5 Å². The van der Waals surface area contributed by atoms with E-state index in [2.05, 4.69) is 12.2 Å². The van der Waals surface area contributed by atoms with Crippen molar-refractivity contribution in [1.82, 2.24) is 0 Å². The van der Waals surface area contributed by atoms with Gasteiger partial charge in [0.2, 0.25) is 0 Å². The molecule has 0 unspecified atom stereocenters. The second kappa shape index (κ2) is 7.44. The lowest BCUT2D eigenvalue weighted by atomic mass is 9.98. The molecule has 1 fully saturated rings. The van der Waals surface area contributed by atoms with E-state index < -0.39 is 5.60 Å². The minimum Gasteiger partial charge on any atom is -0.493 e. The molecule has 0 spiro atoms. The molecule has 134 valence electrons. The van der Waals surface area contributed by atoms with Gasteiger partial charge in [-0.1, -0.05) is 37.6 Å². The highest BCUT2D eigenvalue weighted by Crippen LogP contribution is 2.42. The van der Waals surface area contributed by atoms with E-state index in [4.69, 9.17) is 9.47 Å². The maximum atomic E-state index is 12.8. The summed E-state index contributed by atoms with van der Waals surface area (Å²) in [5.41, 5.74) is 0.0320. The number of amides is 1. The third-order valence-electron chi connectivity index (χ3n) is 5.12. The Labute approximate surface area is 149 Å². The smallest absolute Gasteiger partial charge is 0.256 e. The SMILES string of the molecule is CCCCOc1ccc(NC(=O)[C@](C)(OC)C2CC2)c2ccccc12. The molecule has 0 aromatic heterocycles. The first-order valence-corrected chi connectivity index (χ1v) is 9.11. The summed E-state index contributed by atoms with van der Waals surface area (Å²) in [5.74, 6) is 1.08. The number of rotatable bonds is 8. The lowest BCUT2D eigenvalue weighted by Crippen LogP contribution is -2.44. The first kappa shape index (κ1) is 17.7. The van der Waals surface area contributed by atoms with Crippen molar-refractivity contribution < 1.29 is 14.3 Å². The molecule has 0 radical (unpaired) electrons. The highest BCUT2D eigenvalue weighted by Gasteiger charge is 2.47. The van der Waals surface area contributed by atoms with Crippen molar-refractivity contribution >= 4 is 22.4 Å². The Morgan fingerprint density at radius 3 is 2.56 bits per heavy atom. The summed E-state index contributed by atoms with van der Waals surface area (Å²) >= 11 is 0. The number of methoxy groups -OCH3 is 1. The first-order chi connectivity index (χ1) is 12.1. The fourth-order valence-corrected chi connectivity index (χ4v) is 3.16. The van der Waals surface area contributed by atoms with Crippen molar-refractivity contribution in [3.8, 4) is 5.75 Å². The van der Waals surface area contributed by atoms with Crippen molar-refractivity contribution in [1.29, 1.82) is 0 Å². The number of nitrogens with one attached hydrogen (secondary N) is 1. The number of benzene rings is 2. The summed E-state index contributed by atoms with van der Waals surface area (Å²) in [4.78, 5) is 12.8. The van der Waals surface area contributed by atoms with Crippen molar-refractivity contribution in [3.63, 3.8) is 0 Å². The zero-order valence-corrected chi connectivity index (χ0v) is 15.3. The molecule has 25 heavy (non-hydrogen) atoms. The van der Waals surface area contributed by atoms with Gasteiger partial charge in [0.25, 0.3) is 5.91 Å². The Morgan fingerprint density at radius 1 is 1.20 bits per heavy atom. The largest absolute Gasteiger partial charge is 0.493 e. The third-order valence-corrected chi connectivity index (χ3v) is 5.12. The minimum atomic E-state index is -0.766. The maximum absolute atomic E-state index is 12.8. The van der Waals surface area contributed by atoms with E-state index in [9.17, 15) is 4.79 Å². The molecule has 0 heterocycles. The Kier molecular flexibility index (Phi) is 5.28. The van der Waals surface area contributed by atoms with Crippen molar-refractivity contribution in [2.45, 2.75) is 45.1 Å². The monoisotopic (exact) mass is 341 g/mol. The summed E-state index contributed by atoms with van der Waals surface area (Å²) in [6.45, 7) is 4.73. The van der Waals surface area contributed by atoms with Crippen molar-refractivity contribution in [2.24, 2.45) is 5.92 Å². The zero-order chi connectivity index (χ0) is 17.9. The van der Waals surface area contributed by atoms with E-state index >= 15 is 0 Å². The number of carbonyl (C=O) groups excluding carboxylic acids is 1. The van der Waals surface area contributed by atoms with Gasteiger partial charge in [0.15, 0.2) is 0 Å². The fourth-order valence-electron chi connectivity index (χ4n) is 3.16. The predicted octanol–water partition coefficient (Wildman–Crippen LogP) is 4.77. The van der Waals surface area contributed by atoms with Crippen LogP contribution in [0.4, 0.5) is 5.69 Å². The van der Waals surface area contributed by atoms with Crippen LogP contribution in [-0.2, 0) is 9.53 Å². The van der Waals surface area contributed by atoms with Gasteiger partial charge in [-0.2, -0.15) is 0 Å². The van der Waals surface area contributed by atoms with Gasteiger partial charge in [0, 0.05) is 23.6 Å². The van der Waals surface area contributed by atoms with E-state index in [1.807, 2.05) is 43.3 Å². The van der Waals surface area contributed by atoms with Crippen LogP contribution < -0.4 is 10.1 Å². The van der Waals surface area contributed by atoms with Crippen LogP contribution in [0, 0.1) is 5.92 Å². The van der Waals surface area contributed by atoms with E-state index in [1.54, 1.807) is 7.11 Å². The molecule has 1 amide bonds. The molecule has 0 saturated heterocycles. The van der Waals surface area contributed by atoms with Crippen LogP contribution in [-0.4, -0.2) is 25.2 Å². The molecule has 4 heteroatoms. The highest BCUT2D eigenvalue weighted by atomic mass is 16.5. The van der Waals surface area contributed by atoms with Crippen LogP contribution in [0.15, 0.2) is 36.4 Å². The average Bonchev–Trinajstić information content (AvgIpc) is 3.48. The van der Waals surface area contributed by atoms with Gasteiger partial charge < -0.3 is 14.8 Å². The zero-order valence-electron chi connectivity index (χ0n) is 15.3. The predicted molar refractivity (Wildman–Crippen MR) is 101 cm³/mol. The van der Waals surface area contributed by atoms with Crippen molar-refractivity contribution in [3.05, 3.63) is 36.4 Å². The molecule has 0 aliphatic heterocycles. The van der Waals surface area contributed by atoms with E-state index in [1.165, 1.54) is 0 Å². The van der Waals surface area contributed by atoms with Crippen LogP contribution in [0.25, 0.3) is 10.8 Å². The van der Waals surface area contributed by atoms with Crippen LogP contribution in [0.1, 0.15) is 39.5 Å². The molecule has 3 rings (SSSR count). The van der Waals surface area contributed by atoms with Gasteiger partial charge >= 0.3 is 0 Å². The van der Waals surface area contributed by atoms with Gasteiger partial charge in [-0.25, -0.2) is 0 Å². The second-order valence-corrected chi connectivity index (χ2v) is 6.90. The molecule has 2 aromatic carbocycles. The summed E-state index contributed by atoms with van der Waals surface area (Å²) in [7, 11) is 1.61. The van der Waals surface area contributed by atoms with Gasteiger partial charge in [-0.05, 0) is 44.2 Å². The van der Waals surface area contributed by atoms with Gasteiger partial charge in [-0.15, -0.1) is 0 Å². The van der Waals surface area contributed by atoms with Gasteiger partial charge in [0.1, 0.15) is 11.4 Å². The number of ether oxygens (including phenoxy) is 2. The van der Waals surface area contributed by atoms with Crippen LogP contribution >= 0.6 is 0 Å². The lowest BCUT2D eigenvalue weighted by molar-refractivity contribution is -0.138. The first-order valence-electron chi connectivity index (χ1n) is 9.11. The quantitative estimate of drug-likeness (QED) is 0.703. The molecule has 1 aliphatic carbocycles. The van der Waals surface area contributed by atoms with Crippen LogP contribution in [0.2, 0.25) is 0 Å². The minimum absolute atomic E-state index is 0.0812. The molecular weight excluding hydrogens is 314 g/mol. The molecule has 1 N–H and O–H groups in total. The van der Waals surface area contributed by atoms with Gasteiger partial charge in [0.05, 0.1) is 6.61 Å². The molecule has 1 saturated carbocycles. The normalized spacial score (nSPS) is 16.4. The van der Waals surface area contributed by atoms with E-state index in [0.717, 1.165) is 47.9 Å². The number of hydrogen-bond acceptors (Lipinski definition) is 3. The summed E-state index contributed by atoms with van der Waals surface area (Å²) < 4.78 is 11.5.